The van der Waals surface area contributed by atoms with Crippen LogP contribution >= 0.6 is 164 Å². The molecule has 0 aromatic heterocycles. The Bertz CT molecular complexity index is 4260. The molecule has 6 aromatic carbocycles. The van der Waals surface area contributed by atoms with Gasteiger partial charge < -0.3 is 58.3 Å². The molecule has 0 radical (unpaired) electrons. The lowest BCUT2D eigenvalue weighted by atomic mass is 10.1. The van der Waals surface area contributed by atoms with Gasteiger partial charge >= 0.3 is 35.8 Å². The highest BCUT2D eigenvalue weighted by atomic mass is 79.9. The second kappa shape index (κ2) is 60.8. The average Bonchev–Trinajstić information content (AvgIpc) is 0.823. The number of esters is 2. The molecule has 6 rings (SSSR count). The average molecular weight is 2010 g/mol. The van der Waals surface area contributed by atoms with E-state index in [1.807, 2.05) is 13.8 Å². The molecule has 0 amide bonds. The molecule has 36 heteroatoms. The number of rotatable bonds is 32. The van der Waals surface area contributed by atoms with Crippen molar-refractivity contribution in [3.63, 3.8) is 0 Å². The molecule has 0 aliphatic rings. The molecule has 0 saturated carbocycles. The number of aliphatic carboxylic acids is 4. The van der Waals surface area contributed by atoms with E-state index >= 15 is 0 Å². The lowest BCUT2D eigenvalue weighted by Gasteiger charge is -2.23. The summed E-state index contributed by atoms with van der Waals surface area (Å²) in [6, 6.07) is 28.4. The van der Waals surface area contributed by atoms with Gasteiger partial charge in [-0.3, -0.25) is 28.8 Å². The molecule has 0 heterocycles. The highest BCUT2D eigenvalue weighted by Crippen LogP contribution is 2.33. The van der Waals surface area contributed by atoms with Crippen LogP contribution in [-0.2, 0) is 38.2 Å². The van der Waals surface area contributed by atoms with Gasteiger partial charge in [0.1, 0.15) is 40.1 Å². The van der Waals surface area contributed by atoms with Crippen LogP contribution < -0.4 is 28.4 Å². The highest BCUT2D eigenvalue weighted by molar-refractivity contribution is 9.11. The zero-order valence-electron chi connectivity index (χ0n) is 69.8. The summed E-state index contributed by atoms with van der Waals surface area (Å²) < 4.78 is 59.5. The van der Waals surface area contributed by atoms with E-state index in [9.17, 15) is 57.5 Å². The monoisotopic (exact) mass is 2000 g/mol. The third-order valence-corrected chi connectivity index (χ3v) is 16.8. The molecule has 4 N–H and O–H groups in total. The number of hydrogen-bond donors (Lipinski definition) is 4. The summed E-state index contributed by atoms with van der Waals surface area (Å²) in [5.74, 6) is -5.20. The van der Waals surface area contributed by atoms with Gasteiger partial charge in [-0.2, -0.15) is 81.0 Å². The first-order valence-electron chi connectivity index (χ1n) is 35.6. The number of methoxy groups -OCH3 is 1. The molecule has 0 saturated heterocycles. The van der Waals surface area contributed by atoms with Crippen molar-refractivity contribution < 1.29 is 119 Å². The second-order valence-electron chi connectivity index (χ2n) is 25.3. The van der Waals surface area contributed by atoms with Crippen molar-refractivity contribution in [1.29, 1.82) is 0 Å². The number of benzene rings is 6. The second-order valence-corrected chi connectivity index (χ2v) is 29.4. The summed E-state index contributed by atoms with van der Waals surface area (Å²) in [5.41, 5.74) is 1.30. The molecule has 0 aliphatic carbocycles. The molecule has 0 spiro atoms. The van der Waals surface area contributed by atoms with Crippen molar-refractivity contribution >= 4 is 234 Å². The van der Waals surface area contributed by atoms with Gasteiger partial charge in [0.15, 0.2) is 71.3 Å². The quantitative estimate of drug-likeness (QED) is 0.0225. The van der Waals surface area contributed by atoms with Crippen LogP contribution in [0.15, 0.2) is 123 Å². The molecule has 654 valence electrons. The van der Waals surface area contributed by atoms with Crippen molar-refractivity contribution in [3.05, 3.63) is 171 Å². The maximum atomic E-state index is 12.0. The molecule has 0 unspecified atom stereocenters. The van der Waals surface area contributed by atoms with E-state index in [1.54, 1.807) is 155 Å². The molecule has 6 aromatic rings. The number of carboxylic acids is 4. The van der Waals surface area contributed by atoms with Crippen LogP contribution in [0.25, 0.3) is 0 Å². The van der Waals surface area contributed by atoms with Gasteiger partial charge in [-0.25, -0.2) is 28.8 Å². The summed E-state index contributed by atoms with van der Waals surface area (Å²) in [5, 5.41) is 36.5. The van der Waals surface area contributed by atoms with E-state index in [4.69, 9.17) is 95.9 Å². The Balaban J connectivity index is -0.000000319. The minimum atomic E-state index is -2.10. The van der Waals surface area contributed by atoms with Gasteiger partial charge in [-0.1, -0.05) is 152 Å². The smallest absolute Gasteiger partial charge is 0.347 e. The van der Waals surface area contributed by atoms with Gasteiger partial charge in [-0.15, -0.1) is 0 Å². The fourth-order valence-corrected chi connectivity index (χ4v) is 10.2. The number of carboxylic acid groups (broad SMARTS) is 4. The lowest BCUT2D eigenvalue weighted by Crippen LogP contribution is -2.34. The third-order valence-electron chi connectivity index (χ3n) is 14.6. The normalized spacial score (nSPS) is 11.9. The first-order valence-corrected chi connectivity index (χ1v) is 38.1. The van der Waals surface area contributed by atoms with Crippen LogP contribution in [0.3, 0.4) is 0 Å². The number of halogens is 6. The van der Waals surface area contributed by atoms with Gasteiger partial charge in [0.25, 0.3) is 0 Å². The zero-order valence-corrected chi connectivity index (χ0v) is 80.8. The van der Waals surface area contributed by atoms with Crippen molar-refractivity contribution in [2.75, 3.05) is 7.11 Å². The largest absolute Gasteiger partial charge is 0.479 e. The predicted octanol–water partition coefficient (Wildman–Crippen LogP) is 20.3. The van der Waals surface area contributed by atoms with Crippen molar-refractivity contribution in [1.82, 2.24) is 0 Å². The fraction of sp³-hybridized carbons (Fsp3) is 0.407. The van der Waals surface area contributed by atoms with Crippen LogP contribution in [0.1, 0.15) is 221 Å². The van der Waals surface area contributed by atoms with E-state index in [-0.39, 0.29) is 144 Å². The minimum Gasteiger partial charge on any atom is -0.479 e. The van der Waals surface area contributed by atoms with Crippen LogP contribution in [0, 0.1) is 11.8 Å². The zero-order chi connectivity index (χ0) is 86.9. The number of carbonyl (C=O) groups is 12. The van der Waals surface area contributed by atoms with E-state index < -0.39 is 90.2 Å². The Morgan fingerprint density at radius 2 is 0.581 bits per heavy atom. The van der Waals surface area contributed by atoms with Crippen molar-refractivity contribution in [2.45, 2.75) is 198 Å². The van der Waals surface area contributed by atoms with Crippen LogP contribution in [-0.4, -0.2) is 140 Å². The van der Waals surface area contributed by atoms with Crippen molar-refractivity contribution in [2.24, 2.45) is 11.8 Å². The summed E-state index contributed by atoms with van der Waals surface area (Å²) >= 11 is 27.4. The molecule has 0 bridgehead atoms. The van der Waals surface area contributed by atoms with Gasteiger partial charge in [0.05, 0.1) is 40.5 Å². The summed E-state index contributed by atoms with van der Waals surface area (Å²) in [7, 11) is 1.32. The number of ether oxygens (including phenoxy) is 8. The molecule has 6 atom stereocenters. The van der Waals surface area contributed by atoms with Crippen LogP contribution in [0.5, 0.6) is 34.5 Å². The Morgan fingerprint density at radius 1 is 0.350 bits per heavy atom. The molecular weight excluding hydrogens is 1900 g/mol. The maximum absolute atomic E-state index is 12.0. The number of hydrogen-bond acceptors (Lipinski definition) is 20. The van der Waals surface area contributed by atoms with E-state index in [0.29, 0.717) is 93.0 Å². The van der Waals surface area contributed by atoms with Gasteiger partial charge in [0, 0.05) is 81.5 Å². The Kier molecular flexibility index (Phi) is 60.6. The first-order chi connectivity index (χ1) is 52.4. The predicted molar refractivity (Wildman–Crippen MR) is 494 cm³/mol. The number of carbonyl (C=O) groups excluding carboxylic acids is 8. The van der Waals surface area contributed by atoms with E-state index in [2.05, 4.69) is 47.8 Å². The van der Waals surface area contributed by atoms with E-state index in [1.165, 1.54) is 58.2 Å². The topological polar surface area (TPSA) is 360 Å². The highest BCUT2D eigenvalue weighted by Gasteiger charge is 2.30. The molecule has 24 nitrogen and oxygen atoms in total. The Labute approximate surface area is 769 Å². The first kappa shape index (κ1) is 117. The van der Waals surface area contributed by atoms with Crippen molar-refractivity contribution in [3.8, 4) is 34.5 Å². The summed E-state index contributed by atoms with van der Waals surface area (Å²) in [6.07, 6.45) is -6.08. The third kappa shape index (κ3) is 43.4. The Morgan fingerprint density at radius 3 is 0.803 bits per heavy atom. The Hall–Kier alpha value is -6.63. The maximum Gasteiger partial charge on any atom is 0.347 e. The van der Waals surface area contributed by atoms with Crippen LogP contribution in [0.4, 0.5) is 0 Å². The summed E-state index contributed by atoms with van der Waals surface area (Å²) in [6.45, 7) is 28.2. The SMILES string of the molecule is CCC(=O)c1cc(Br)ccc1O[C@@H](C)C(=O)O.CCC(=O)c1cc(Br)ccc1O[C@H](C(=O)O)C(C)C.CCC(=O)c1cc(Br)ccc1O[C@H](C(=O)OC)C(C)C.CCC(=O)c1cc(Cl)ccc1O[C@@H](C)C(=O)O.CCC(=O)c1cc(Cl)ccc1O[C@@H](C)C(=O)OC(C)(C)C.S.S.S.S.S.S.[2H]C([2H])(C)C(=O)c1cc(Cl)ccc1O[C@@H](C)C(=O)O. The summed E-state index contributed by atoms with van der Waals surface area (Å²) in [4.78, 5) is 138. The molecule has 0 aliphatic heterocycles. The molecular formula is C81H108Br3Cl3O24S6. The van der Waals surface area contributed by atoms with Gasteiger partial charge in [-0.05, 0) is 158 Å². The molecule has 117 heavy (non-hydrogen) atoms. The fourth-order valence-electron chi connectivity index (χ4n) is 8.65. The number of Topliss-reactive ketones (excluding diaryl/α,β-unsaturated/α-hetero) is 6. The van der Waals surface area contributed by atoms with Gasteiger partial charge in [0.2, 0.25) is 0 Å². The minimum absolute atomic E-state index is 0. The van der Waals surface area contributed by atoms with E-state index in [0.717, 1.165) is 20.3 Å². The standard InChI is InChI=1S/C16H21ClO4.C15H19BrO4.C14H17BrO4.C12H13BrO4.2C12H13ClO4.6H2S/c1-6-13(18)12-9-11(17)7-8-14(12)20-10(2)15(19)21-16(3,4)5;1-5-12(17)11-8-10(16)6-7-13(11)20-14(9(2)3)15(18)19-4;1-4-11(16)10-7-9(15)5-6-12(10)19-13(8(2)3)14(17)18;3*1-3-10(14)9-6-8(13)4-5-11(9)17-7(2)12(15)16;;;;;;/h7-10H,6H2,1-5H3;6-9,14H,5H2,1-4H3;5-8,13H,4H2,1-3H3,(H,17,18);3*4-7H,3H2,1-2H3,(H,15,16);6*1H2/t10-;14-;13-;3*7-;;;;;;/m000000....../s1/i;;;;3D2;;;;;;;. The molecule has 0 fully saturated rings. The lowest BCUT2D eigenvalue weighted by molar-refractivity contribution is -0.162. The number of ketones is 6. The van der Waals surface area contributed by atoms with Crippen LogP contribution in [0.2, 0.25) is 15.1 Å².